The van der Waals surface area contributed by atoms with Gasteiger partial charge in [0.15, 0.2) is 0 Å². The largest absolute Gasteiger partial charge is 0.245 e. The van der Waals surface area contributed by atoms with Gasteiger partial charge in [-0.3, -0.25) is 0 Å². The molecule has 0 radical (unpaired) electrons. The van der Waals surface area contributed by atoms with Crippen molar-refractivity contribution in [3.8, 4) is 0 Å². The number of sulfonamides is 2. The highest BCUT2D eigenvalue weighted by Crippen LogP contribution is 2.25. The third kappa shape index (κ3) is 3.72. The van der Waals surface area contributed by atoms with Crippen LogP contribution >= 0.6 is 0 Å². The second-order valence-corrected chi connectivity index (χ2v) is 8.63. The molecule has 1 heterocycles. The van der Waals surface area contributed by atoms with Crippen LogP contribution in [0.15, 0.2) is 41.1 Å². The maximum absolute atomic E-state index is 13.7. The summed E-state index contributed by atoms with van der Waals surface area (Å²) < 4.78 is 64.5. The van der Waals surface area contributed by atoms with Gasteiger partial charge in [-0.25, -0.2) is 25.9 Å². The zero-order chi connectivity index (χ0) is 16.4. The fraction of sp³-hybridized carbons (Fsp3) is 0.385. The molecule has 1 aliphatic rings. The molecular formula is C13H17FN2O4S2. The van der Waals surface area contributed by atoms with Crippen molar-refractivity contribution >= 4 is 20.0 Å². The summed E-state index contributed by atoms with van der Waals surface area (Å²) in [5, 5.41) is 0.801. The molecule has 0 aliphatic carbocycles. The Morgan fingerprint density at radius 3 is 2.64 bits per heavy atom. The third-order valence-corrected chi connectivity index (χ3v) is 6.40. The lowest BCUT2D eigenvalue weighted by Gasteiger charge is -2.17. The van der Waals surface area contributed by atoms with Crippen LogP contribution in [-0.2, 0) is 20.0 Å². The first-order valence-corrected chi connectivity index (χ1v) is 9.61. The van der Waals surface area contributed by atoms with Crippen molar-refractivity contribution in [3.63, 3.8) is 0 Å². The Hall–Kier alpha value is -1.29. The predicted octanol–water partition coefficient (Wildman–Crippen LogP) is 0.899. The molecule has 0 unspecified atom stereocenters. The van der Waals surface area contributed by atoms with Crippen molar-refractivity contribution in [2.45, 2.75) is 11.3 Å². The molecule has 6 nitrogen and oxygen atoms in total. The van der Waals surface area contributed by atoms with E-state index in [-0.39, 0.29) is 30.4 Å². The zero-order valence-corrected chi connectivity index (χ0v) is 13.4. The minimum Gasteiger partial charge on any atom is -0.211 e. The average Bonchev–Trinajstić information content (AvgIpc) is 2.95. The Labute approximate surface area is 129 Å². The Bertz CT molecular complexity index is 762. The molecule has 2 rings (SSSR count). The summed E-state index contributed by atoms with van der Waals surface area (Å²) in [5.41, 5.74) is 0. The third-order valence-electron chi connectivity index (χ3n) is 3.50. The van der Waals surface area contributed by atoms with E-state index < -0.39 is 25.9 Å². The van der Waals surface area contributed by atoms with Crippen LogP contribution in [0.25, 0.3) is 0 Å². The number of halogens is 1. The smallest absolute Gasteiger partial charge is 0.211 e. The fourth-order valence-electron chi connectivity index (χ4n) is 2.27. The van der Waals surface area contributed by atoms with Gasteiger partial charge in [-0.1, -0.05) is 18.7 Å². The molecule has 0 bridgehead atoms. The van der Waals surface area contributed by atoms with E-state index in [2.05, 4.69) is 11.3 Å². The number of rotatable bonds is 6. The summed E-state index contributed by atoms with van der Waals surface area (Å²) >= 11 is 0. The van der Waals surface area contributed by atoms with Crippen LogP contribution in [0.5, 0.6) is 0 Å². The van der Waals surface area contributed by atoms with Crippen molar-refractivity contribution in [1.29, 1.82) is 0 Å². The van der Waals surface area contributed by atoms with E-state index in [1.807, 2.05) is 0 Å². The van der Waals surface area contributed by atoms with Crippen LogP contribution in [0.4, 0.5) is 4.39 Å². The fourth-order valence-corrected chi connectivity index (χ4v) is 4.45. The highest BCUT2D eigenvalue weighted by atomic mass is 32.2. The summed E-state index contributed by atoms with van der Waals surface area (Å²) in [7, 11) is -7.43. The SMILES string of the molecule is C=CS(=O)(=O)NC[C@H]1CCN(S(=O)(=O)c2ccccc2F)C1. The number of nitrogens with zero attached hydrogens (tertiary/aromatic N) is 1. The lowest BCUT2D eigenvalue weighted by Crippen LogP contribution is -2.32. The molecule has 0 aromatic heterocycles. The molecule has 0 saturated carbocycles. The molecule has 9 heteroatoms. The molecule has 1 N–H and O–H groups in total. The summed E-state index contributed by atoms with van der Waals surface area (Å²) in [6.07, 6.45) is 0.507. The first-order chi connectivity index (χ1) is 10.3. The van der Waals surface area contributed by atoms with Crippen molar-refractivity contribution in [1.82, 2.24) is 9.03 Å². The molecule has 122 valence electrons. The second kappa shape index (κ2) is 6.45. The lowest BCUT2D eigenvalue weighted by molar-refractivity contribution is 0.449. The number of hydrogen-bond acceptors (Lipinski definition) is 4. The molecule has 1 fully saturated rings. The van der Waals surface area contributed by atoms with Crippen molar-refractivity contribution in [3.05, 3.63) is 42.1 Å². The monoisotopic (exact) mass is 348 g/mol. The predicted molar refractivity (Wildman–Crippen MR) is 80.4 cm³/mol. The van der Waals surface area contributed by atoms with Gasteiger partial charge in [-0.2, -0.15) is 4.31 Å². The minimum atomic E-state index is -3.90. The molecule has 1 atom stereocenters. The van der Waals surface area contributed by atoms with E-state index in [0.29, 0.717) is 6.42 Å². The Balaban J connectivity index is 2.07. The molecule has 22 heavy (non-hydrogen) atoms. The Kier molecular flexibility index (Phi) is 5.00. The molecular weight excluding hydrogens is 331 g/mol. The van der Waals surface area contributed by atoms with Gasteiger partial charge in [0.05, 0.1) is 0 Å². The number of hydrogen-bond donors (Lipinski definition) is 1. The molecule has 1 saturated heterocycles. The van der Waals surface area contributed by atoms with Crippen LogP contribution in [0.1, 0.15) is 6.42 Å². The van der Waals surface area contributed by atoms with E-state index >= 15 is 0 Å². The van der Waals surface area contributed by atoms with Crippen molar-refractivity contribution in [2.75, 3.05) is 19.6 Å². The van der Waals surface area contributed by atoms with Gasteiger partial charge in [0, 0.05) is 25.0 Å². The van der Waals surface area contributed by atoms with Crippen LogP contribution in [0, 0.1) is 11.7 Å². The van der Waals surface area contributed by atoms with Crippen LogP contribution in [0.3, 0.4) is 0 Å². The highest BCUT2D eigenvalue weighted by Gasteiger charge is 2.34. The summed E-state index contributed by atoms with van der Waals surface area (Å²) in [6.45, 7) is 3.69. The van der Waals surface area contributed by atoms with E-state index in [1.54, 1.807) is 0 Å². The van der Waals surface area contributed by atoms with Crippen LogP contribution in [0.2, 0.25) is 0 Å². The van der Waals surface area contributed by atoms with Gasteiger partial charge >= 0.3 is 0 Å². The molecule has 1 aromatic rings. The maximum Gasteiger partial charge on any atom is 0.245 e. The van der Waals surface area contributed by atoms with Crippen LogP contribution in [-0.4, -0.2) is 40.8 Å². The van der Waals surface area contributed by atoms with Crippen molar-refractivity contribution < 1.29 is 21.2 Å². The number of benzene rings is 1. The van der Waals surface area contributed by atoms with Gasteiger partial charge in [-0.05, 0) is 24.5 Å². The van der Waals surface area contributed by atoms with E-state index in [1.165, 1.54) is 22.5 Å². The second-order valence-electron chi connectivity index (χ2n) is 5.01. The summed E-state index contributed by atoms with van der Waals surface area (Å²) in [6, 6.07) is 5.20. The topological polar surface area (TPSA) is 83.6 Å². The van der Waals surface area contributed by atoms with E-state index in [0.717, 1.165) is 11.5 Å². The Morgan fingerprint density at radius 2 is 2.00 bits per heavy atom. The molecule has 1 aromatic carbocycles. The average molecular weight is 348 g/mol. The maximum atomic E-state index is 13.7. The van der Waals surface area contributed by atoms with Gasteiger partial charge < -0.3 is 0 Å². The van der Waals surface area contributed by atoms with Crippen molar-refractivity contribution in [2.24, 2.45) is 5.92 Å². The zero-order valence-electron chi connectivity index (χ0n) is 11.8. The molecule has 0 spiro atoms. The van der Waals surface area contributed by atoms with Crippen LogP contribution < -0.4 is 4.72 Å². The van der Waals surface area contributed by atoms with Gasteiger partial charge in [0.2, 0.25) is 20.0 Å². The van der Waals surface area contributed by atoms with Gasteiger partial charge in [-0.15, -0.1) is 0 Å². The first kappa shape index (κ1) is 17.1. The number of nitrogens with one attached hydrogen (secondary N) is 1. The van der Waals surface area contributed by atoms with Gasteiger partial charge in [0.25, 0.3) is 0 Å². The highest BCUT2D eigenvalue weighted by molar-refractivity contribution is 7.92. The standard InChI is InChI=1S/C13H17FN2O4S2/c1-2-21(17,18)15-9-11-7-8-16(10-11)22(19,20)13-6-4-3-5-12(13)14/h2-6,11,15H,1,7-10H2/t11-/m1/s1. The van der Waals surface area contributed by atoms with Gasteiger partial charge in [0.1, 0.15) is 10.7 Å². The first-order valence-electron chi connectivity index (χ1n) is 6.63. The van der Waals surface area contributed by atoms with E-state index in [4.69, 9.17) is 0 Å². The summed E-state index contributed by atoms with van der Waals surface area (Å²) in [4.78, 5) is -0.359. The summed E-state index contributed by atoms with van der Waals surface area (Å²) in [5.74, 6) is -0.949. The molecule has 0 amide bonds. The minimum absolute atomic E-state index is 0.123. The molecule has 1 aliphatic heterocycles. The lowest BCUT2D eigenvalue weighted by atomic mass is 10.1. The Morgan fingerprint density at radius 1 is 1.32 bits per heavy atom. The normalized spacial score (nSPS) is 20.1. The quantitative estimate of drug-likeness (QED) is 0.828. The van der Waals surface area contributed by atoms with E-state index in [9.17, 15) is 21.2 Å².